The molecule has 3 aromatic carbocycles. The van der Waals surface area contributed by atoms with Crippen LogP contribution in [0.1, 0.15) is 70.5 Å². The number of aliphatic carboxylic acids is 1. The van der Waals surface area contributed by atoms with Gasteiger partial charge in [-0.05, 0) is 68.0 Å². The molecule has 1 atom stereocenters. The minimum Gasteiger partial charge on any atom is -0.496 e. The van der Waals surface area contributed by atoms with Crippen molar-refractivity contribution in [1.82, 2.24) is 19.8 Å². The van der Waals surface area contributed by atoms with E-state index in [1.54, 1.807) is 25.3 Å². The van der Waals surface area contributed by atoms with Gasteiger partial charge in [0, 0.05) is 56.0 Å². The number of carboxylic acid groups (broad SMARTS) is 1. The standard InChI is InChI=1S/C37H39Cl2N5O5/c1-43-16-13-29-28(20-43)41-34(44(29)2)35(45)42-27-10-5-9-25(33(27)39)22-7-4-8-24-23(22)11-12-30(24)49-32-18-31(48-3)21(17-26(32)38)19-40-37(36(46)47)14-6-15-37/h4-5,7-10,17-18,30,40H,6,11-16,19-20H2,1-3H3,(H,42,45)(H,46,47). The second kappa shape index (κ2) is 13.3. The highest BCUT2D eigenvalue weighted by Gasteiger charge is 2.44. The number of nitrogens with one attached hydrogen (secondary N) is 2. The molecule has 3 N–H and O–H groups in total. The van der Waals surface area contributed by atoms with E-state index in [4.69, 9.17) is 32.7 Å². The Morgan fingerprint density at radius 3 is 2.57 bits per heavy atom. The summed E-state index contributed by atoms with van der Waals surface area (Å²) in [4.78, 5) is 32.1. The molecule has 256 valence electrons. The average Bonchev–Trinajstić information content (AvgIpc) is 3.62. The van der Waals surface area contributed by atoms with E-state index in [1.165, 1.54) is 0 Å². The number of aromatic nitrogens is 2. The molecule has 0 spiro atoms. The molecule has 1 unspecified atom stereocenters. The summed E-state index contributed by atoms with van der Waals surface area (Å²) >= 11 is 13.7. The van der Waals surface area contributed by atoms with E-state index in [1.807, 2.05) is 35.9 Å². The third-order valence-electron chi connectivity index (χ3n) is 10.2. The Labute approximate surface area is 295 Å². The molecule has 0 saturated heterocycles. The molecule has 49 heavy (non-hydrogen) atoms. The molecule has 1 aliphatic heterocycles. The number of methoxy groups -OCH3 is 1. The van der Waals surface area contributed by atoms with Gasteiger partial charge >= 0.3 is 5.97 Å². The first kappa shape index (κ1) is 33.4. The fourth-order valence-electron chi connectivity index (χ4n) is 7.28. The molecule has 2 heterocycles. The topological polar surface area (TPSA) is 118 Å². The predicted octanol–water partition coefficient (Wildman–Crippen LogP) is 6.81. The lowest BCUT2D eigenvalue weighted by Gasteiger charge is -2.38. The van der Waals surface area contributed by atoms with E-state index in [9.17, 15) is 14.7 Å². The number of carbonyl (C=O) groups excluding carboxylic acids is 1. The monoisotopic (exact) mass is 703 g/mol. The summed E-state index contributed by atoms with van der Waals surface area (Å²) in [7, 11) is 5.51. The fraction of sp³-hybridized carbons (Fsp3) is 0.378. The number of ether oxygens (including phenoxy) is 2. The Morgan fingerprint density at radius 1 is 1.06 bits per heavy atom. The fourth-order valence-corrected chi connectivity index (χ4v) is 7.78. The number of halogens is 2. The molecular weight excluding hydrogens is 665 g/mol. The predicted molar refractivity (Wildman–Crippen MR) is 189 cm³/mol. The molecule has 1 saturated carbocycles. The normalized spacial score (nSPS) is 17.9. The zero-order chi connectivity index (χ0) is 34.4. The van der Waals surface area contributed by atoms with Gasteiger partial charge in [0.1, 0.15) is 23.1 Å². The highest BCUT2D eigenvalue weighted by atomic mass is 35.5. The molecular formula is C37H39Cl2N5O5. The Bertz CT molecular complexity index is 1960. The van der Waals surface area contributed by atoms with Crippen molar-refractivity contribution in [3.63, 3.8) is 0 Å². The number of hydrogen-bond acceptors (Lipinski definition) is 7. The molecule has 2 aliphatic carbocycles. The lowest BCUT2D eigenvalue weighted by atomic mass is 9.76. The van der Waals surface area contributed by atoms with Gasteiger partial charge in [-0.1, -0.05) is 53.5 Å². The van der Waals surface area contributed by atoms with Crippen LogP contribution in [-0.2, 0) is 37.8 Å². The first-order valence-corrected chi connectivity index (χ1v) is 17.3. The van der Waals surface area contributed by atoms with Crippen LogP contribution < -0.4 is 20.1 Å². The number of hydrogen-bond donors (Lipinski definition) is 3. The second-order valence-corrected chi connectivity index (χ2v) is 14.0. The molecule has 1 fully saturated rings. The van der Waals surface area contributed by atoms with Crippen LogP contribution in [0.2, 0.25) is 10.0 Å². The highest BCUT2D eigenvalue weighted by molar-refractivity contribution is 6.36. The molecule has 1 aromatic heterocycles. The SMILES string of the molecule is COc1cc(OC2CCc3c(-c4cccc(NC(=O)c5nc6c(n5C)CCN(C)C6)c4Cl)cccc32)c(Cl)cc1CNC1(C(=O)O)CCC1. The van der Waals surface area contributed by atoms with Gasteiger partial charge in [-0.3, -0.25) is 14.9 Å². The number of fused-ring (bicyclic) bond motifs is 2. The van der Waals surface area contributed by atoms with Gasteiger partial charge in [-0.2, -0.15) is 0 Å². The zero-order valence-electron chi connectivity index (χ0n) is 27.7. The van der Waals surface area contributed by atoms with Crippen LogP contribution in [0.15, 0.2) is 48.5 Å². The number of anilines is 1. The maximum atomic E-state index is 13.4. The number of imidazole rings is 1. The van der Waals surface area contributed by atoms with E-state index in [0.717, 1.165) is 71.4 Å². The van der Waals surface area contributed by atoms with Crippen molar-refractivity contribution in [2.45, 2.75) is 63.3 Å². The molecule has 0 radical (unpaired) electrons. The maximum absolute atomic E-state index is 13.4. The summed E-state index contributed by atoms with van der Waals surface area (Å²) in [6.07, 6.45) is 4.18. The Kier molecular flexibility index (Phi) is 9.08. The van der Waals surface area contributed by atoms with E-state index in [2.05, 4.69) is 33.6 Å². The highest BCUT2D eigenvalue weighted by Crippen LogP contribution is 2.45. The largest absolute Gasteiger partial charge is 0.496 e. The lowest BCUT2D eigenvalue weighted by Crippen LogP contribution is -2.56. The number of benzene rings is 3. The summed E-state index contributed by atoms with van der Waals surface area (Å²) in [5.74, 6) is 0.292. The van der Waals surface area contributed by atoms with Crippen molar-refractivity contribution in [2.24, 2.45) is 7.05 Å². The van der Waals surface area contributed by atoms with Crippen LogP contribution in [0.3, 0.4) is 0 Å². The summed E-state index contributed by atoms with van der Waals surface area (Å²) in [6.45, 7) is 1.96. The van der Waals surface area contributed by atoms with Crippen molar-refractivity contribution in [1.29, 1.82) is 0 Å². The van der Waals surface area contributed by atoms with Gasteiger partial charge in [0.2, 0.25) is 0 Å². The minimum absolute atomic E-state index is 0.249. The summed E-state index contributed by atoms with van der Waals surface area (Å²) < 4.78 is 14.1. The molecule has 10 nitrogen and oxygen atoms in total. The van der Waals surface area contributed by atoms with Gasteiger partial charge in [0.15, 0.2) is 5.82 Å². The lowest BCUT2D eigenvalue weighted by molar-refractivity contribution is -0.148. The minimum atomic E-state index is -0.901. The number of likely N-dealkylation sites (N-methyl/N-ethyl adjacent to an activating group) is 1. The summed E-state index contributed by atoms with van der Waals surface area (Å²) in [5, 5.41) is 16.8. The summed E-state index contributed by atoms with van der Waals surface area (Å²) in [5.41, 5.74) is 6.37. The molecule has 3 aliphatic rings. The molecule has 1 amide bonds. The Morgan fingerprint density at radius 2 is 1.84 bits per heavy atom. The third kappa shape index (κ3) is 6.16. The first-order chi connectivity index (χ1) is 23.6. The van der Waals surface area contributed by atoms with E-state index >= 15 is 0 Å². The van der Waals surface area contributed by atoms with E-state index in [-0.39, 0.29) is 12.0 Å². The van der Waals surface area contributed by atoms with Crippen LogP contribution in [0.25, 0.3) is 11.1 Å². The van der Waals surface area contributed by atoms with Gasteiger partial charge in [0.05, 0.1) is 28.5 Å². The number of carbonyl (C=O) groups is 2. The van der Waals surface area contributed by atoms with Crippen LogP contribution >= 0.6 is 23.2 Å². The van der Waals surface area contributed by atoms with Crippen LogP contribution in [0.4, 0.5) is 5.69 Å². The van der Waals surface area contributed by atoms with Crippen molar-refractivity contribution in [3.8, 4) is 22.6 Å². The molecule has 4 aromatic rings. The van der Waals surface area contributed by atoms with Gasteiger partial charge in [0.25, 0.3) is 5.91 Å². The smallest absolute Gasteiger partial charge is 0.323 e. The van der Waals surface area contributed by atoms with Crippen molar-refractivity contribution >= 4 is 40.8 Å². The van der Waals surface area contributed by atoms with Crippen LogP contribution in [0, 0.1) is 0 Å². The number of rotatable bonds is 10. The van der Waals surface area contributed by atoms with Crippen LogP contribution in [-0.4, -0.2) is 57.7 Å². The number of amides is 1. The second-order valence-electron chi connectivity index (χ2n) is 13.2. The number of nitrogens with zero attached hydrogens (tertiary/aromatic N) is 3. The van der Waals surface area contributed by atoms with Crippen molar-refractivity contribution in [3.05, 3.63) is 92.5 Å². The third-order valence-corrected chi connectivity index (χ3v) is 10.9. The molecule has 12 heteroatoms. The summed E-state index contributed by atoms with van der Waals surface area (Å²) in [6, 6.07) is 15.3. The number of carboxylic acids is 1. The quantitative estimate of drug-likeness (QED) is 0.165. The molecule has 7 rings (SSSR count). The molecule has 0 bridgehead atoms. The van der Waals surface area contributed by atoms with Crippen molar-refractivity contribution < 1.29 is 24.2 Å². The Hall–Kier alpha value is -4.09. The van der Waals surface area contributed by atoms with Gasteiger partial charge < -0.3 is 29.4 Å². The maximum Gasteiger partial charge on any atom is 0.323 e. The van der Waals surface area contributed by atoms with Gasteiger partial charge in [-0.15, -0.1) is 0 Å². The average molecular weight is 705 g/mol. The van der Waals surface area contributed by atoms with Gasteiger partial charge in [-0.25, -0.2) is 4.98 Å². The first-order valence-electron chi connectivity index (χ1n) is 16.5. The zero-order valence-corrected chi connectivity index (χ0v) is 29.2. The van der Waals surface area contributed by atoms with Crippen LogP contribution in [0.5, 0.6) is 11.5 Å². The van der Waals surface area contributed by atoms with E-state index < -0.39 is 11.5 Å². The van der Waals surface area contributed by atoms with Crippen molar-refractivity contribution in [2.75, 3.05) is 26.0 Å². The van der Waals surface area contributed by atoms with E-state index in [0.29, 0.717) is 59.0 Å². The Balaban J connectivity index is 1.10.